The highest BCUT2D eigenvalue weighted by Crippen LogP contribution is 2.20. The van der Waals surface area contributed by atoms with Crippen molar-refractivity contribution >= 4 is 17.4 Å². The Balaban J connectivity index is 1.81. The summed E-state index contributed by atoms with van der Waals surface area (Å²) in [5.41, 5.74) is 7.45. The Kier molecular flexibility index (Phi) is 9.36. The Bertz CT molecular complexity index is 1110. The van der Waals surface area contributed by atoms with E-state index in [4.69, 9.17) is 20.3 Å². The molecule has 0 saturated heterocycles. The number of nitrogens with one attached hydrogen (secondary N) is 1. The number of unbranched alkanes of at least 4 members (excludes halogenated alkanes) is 1. The van der Waals surface area contributed by atoms with Crippen LogP contribution in [0.3, 0.4) is 0 Å². The highest BCUT2D eigenvalue weighted by atomic mass is 16.5. The van der Waals surface area contributed by atoms with Crippen molar-refractivity contribution in [2.24, 2.45) is 5.73 Å². The van der Waals surface area contributed by atoms with E-state index < -0.39 is 11.6 Å². The number of aliphatic hydroxyl groups excluding tert-OH is 1. The van der Waals surface area contributed by atoms with E-state index in [1.54, 1.807) is 20.0 Å². The number of imidazole rings is 1. The maximum atomic E-state index is 12.7. The summed E-state index contributed by atoms with van der Waals surface area (Å²) in [4.78, 5) is 29.4. The van der Waals surface area contributed by atoms with Crippen LogP contribution < -0.4 is 11.1 Å². The van der Waals surface area contributed by atoms with Crippen molar-refractivity contribution in [3.05, 3.63) is 71.8 Å². The molecular weight excluding hydrogens is 448 g/mol. The predicted molar refractivity (Wildman–Crippen MR) is 131 cm³/mol. The average molecular weight is 483 g/mol. The largest absolute Gasteiger partial charge is 0.459 e. The third kappa shape index (κ3) is 7.61. The summed E-state index contributed by atoms with van der Waals surface area (Å²) < 4.78 is 13.3. The Labute approximate surface area is 205 Å². The summed E-state index contributed by atoms with van der Waals surface area (Å²) in [5.74, 6) is -0.119. The summed E-state index contributed by atoms with van der Waals surface area (Å²) in [5, 5.41) is 11.9. The van der Waals surface area contributed by atoms with Crippen LogP contribution in [0.15, 0.2) is 54.7 Å². The minimum absolute atomic E-state index is 0.0457. The van der Waals surface area contributed by atoms with Gasteiger partial charge in [0, 0.05) is 13.0 Å². The van der Waals surface area contributed by atoms with Gasteiger partial charge in [0.05, 0.1) is 36.2 Å². The molecule has 3 rings (SSSR count). The number of rotatable bonds is 13. The van der Waals surface area contributed by atoms with Gasteiger partial charge >= 0.3 is 5.97 Å². The molecule has 2 heterocycles. The van der Waals surface area contributed by atoms with Crippen LogP contribution in [0.4, 0.5) is 0 Å². The van der Waals surface area contributed by atoms with E-state index in [2.05, 4.69) is 10.3 Å². The molecule has 1 amide bonds. The molecule has 188 valence electrons. The van der Waals surface area contributed by atoms with Crippen molar-refractivity contribution in [1.29, 1.82) is 0 Å². The molecule has 1 atom stereocenters. The fourth-order valence-corrected chi connectivity index (χ4v) is 3.50. The Morgan fingerprint density at radius 2 is 1.89 bits per heavy atom. The van der Waals surface area contributed by atoms with E-state index in [1.165, 1.54) is 0 Å². The quantitative estimate of drug-likeness (QED) is 0.252. The SMILES string of the molecule is CC(C)(N)C(=O)NC(COCc1ccccc1)c1ncc2cccc(COC(=O)CCCCO)n12. The van der Waals surface area contributed by atoms with E-state index >= 15 is 0 Å². The van der Waals surface area contributed by atoms with Gasteiger partial charge in [0.1, 0.15) is 18.5 Å². The van der Waals surface area contributed by atoms with Crippen LogP contribution in [0.5, 0.6) is 0 Å². The monoisotopic (exact) mass is 482 g/mol. The number of amides is 1. The molecule has 35 heavy (non-hydrogen) atoms. The lowest BCUT2D eigenvalue weighted by Gasteiger charge is -2.24. The number of nitrogens with zero attached hydrogens (tertiary/aromatic N) is 2. The van der Waals surface area contributed by atoms with Gasteiger partial charge < -0.3 is 25.6 Å². The average Bonchev–Trinajstić information content (AvgIpc) is 3.27. The van der Waals surface area contributed by atoms with Gasteiger partial charge in [-0.1, -0.05) is 36.4 Å². The van der Waals surface area contributed by atoms with Crippen LogP contribution in [-0.2, 0) is 32.3 Å². The first-order valence-electron chi connectivity index (χ1n) is 11.7. The number of hydrogen-bond acceptors (Lipinski definition) is 7. The summed E-state index contributed by atoms with van der Waals surface area (Å²) in [6, 6.07) is 14.8. The van der Waals surface area contributed by atoms with Gasteiger partial charge in [-0.3, -0.25) is 14.0 Å². The second-order valence-electron chi connectivity index (χ2n) is 8.98. The van der Waals surface area contributed by atoms with Crippen molar-refractivity contribution in [3.63, 3.8) is 0 Å². The van der Waals surface area contributed by atoms with Crippen LogP contribution in [0.1, 0.15) is 56.2 Å². The minimum Gasteiger partial charge on any atom is -0.459 e. The second-order valence-corrected chi connectivity index (χ2v) is 8.98. The Hall–Kier alpha value is -3.27. The highest BCUT2D eigenvalue weighted by molar-refractivity contribution is 5.85. The number of nitrogens with two attached hydrogens (primary N) is 1. The number of aromatic nitrogens is 2. The molecule has 9 nitrogen and oxygen atoms in total. The molecule has 1 unspecified atom stereocenters. The fraction of sp³-hybridized carbons (Fsp3) is 0.423. The number of carbonyl (C=O) groups is 2. The number of ether oxygens (including phenoxy) is 2. The lowest BCUT2D eigenvalue weighted by atomic mass is 10.1. The lowest BCUT2D eigenvalue weighted by Crippen LogP contribution is -2.51. The number of aliphatic hydroxyl groups is 1. The molecule has 4 N–H and O–H groups in total. The third-order valence-electron chi connectivity index (χ3n) is 5.43. The second kappa shape index (κ2) is 12.4. The molecule has 0 bridgehead atoms. The molecule has 0 aliphatic rings. The zero-order valence-corrected chi connectivity index (χ0v) is 20.3. The van der Waals surface area contributed by atoms with E-state index in [0.717, 1.165) is 11.1 Å². The number of benzene rings is 1. The van der Waals surface area contributed by atoms with Crippen LogP contribution in [0.2, 0.25) is 0 Å². The molecule has 0 fully saturated rings. The van der Waals surface area contributed by atoms with Crippen molar-refractivity contribution in [1.82, 2.24) is 14.7 Å². The fourth-order valence-electron chi connectivity index (χ4n) is 3.50. The van der Waals surface area contributed by atoms with Crippen LogP contribution >= 0.6 is 0 Å². The summed E-state index contributed by atoms with van der Waals surface area (Å²) in [6.07, 6.45) is 3.06. The molecular formula is C26H34N4O5. The van der Waals surface area contributed by atoms with E-state index in [9.17, 15) is 9.59 Å². The maximum absolute atomic E-state index is 12.7. The molecule has 1 aromatic carbocycles. The number of pyridine rings is 1. The summed E-state index contributed by atoms with van der Waals surface area (Å²) in [6.45, 7) is 3.91. The first kappa shape index (κ1) is 26.3. The number of carbonyl (C=O) groups excluding carboxylic acids is 2. The van der Waals surface area contributed by atoms with Crippen molar-refractivity contribution in [2.75, 3.05) is 13.2 Å². The molecule has 9 heteroatoms. The lowest BCUT2D eigenvalue weighted by molar-refractivity contribution is -0.145. The zero-order chi connectivity index (χ0) is 25.3. The first-order chi connectivity index (χ1) is 16.8. The van der Waals surface area contributed by atoms with Crippen LogP contribution in [0.25, 0.3) is 5.52 Å². The smallest absolute Gasteiger partial charge is 0.306 e. The van der Waals surface area contributed by atoms with E-state index in [0.29, 0.717) is 31.0 Å². The van der Waals surface area contributed by atoms with Gasteiger partial charge in [0.25, 0.3) is 0 Å². The van der Waals surface area contributed by atoms with Gasteiger partial charge in [0.2, 0.25) is 5.91 Å². The molecule has 2 aromatic heterocycles. The standard InChI is InChI=1S/C26H34N4O5/c1-26(2,27)25(33)29-22(18-34-16-19-9-4-3-5-10-19)24-28-15-20-11-8-12-21(30(20)24)17-35-23(32)13-6-7-14-31/h3-5,8-12,15,22,31H,6-7,13-14,16-18,27H2,1-2H3,(H,29,33). The first-order valence-corrected chi connectivity index (χ1v) is 11.7. The molecule has 0 aliphatic carbocycles. The topological polar surface area (TPSA) is 128 Å². The van der Waals surface area contributed by atoms with Gasteiger partial charge in [-0.25, -0.2) is 4.98 Å². The van der Waals surface area contributed by atoms with E-state index in [1.807, 2.05) is 52.9 Å². The maximum Gasteiger partial charge on any atom is 0.306 e. The zero-order valence-electron chi connectivity index (χ0n) is 20.3. The van der Waals surface area contributed by atoms with Gasteiger partial charge in [-0.2, -0.15) is 0 Å². The molecule has 0 radical (unpaired) electrons. The van der Waals surface area contributed by atoms with Gasteiger partial charge in [-0.15, -0.1) is 0 Å². The molecule has 3 aromatic rings. The normalized spacial score (nSPS) is 12.5. The number of esters is 1. The number of hydrogen-bond donors (Lipinski definition) is 3. The molecule has 0 spiro atoms. The highest BCUT2D eigenvalue weighted by Gasteiger charge is 2.28. The Morgan fingerprint density at radius 1 is 1.11 bits per heavy atom. The Morgan fingerprint density at radius 3 is 2.60 bits per heavy atom. The van der Waals surface area contributed by atoms with E-state index in [-0.39, 0.29) is 38.1 Å². The van der Waals surface area contributed by atoms with Crippen molar-refractivity contribution < 1.29 is 24.2 Å². The third-order valence-corrected chi connectivity index (χ3v) is 5.43. The predicted octanol–water partition coefficient (Wildman–Crippen LogP) is 2.65. The number of fused-ring (bicyclic) bond motifs is 1. The van der Waals surface area contributed by atoms with Crippen molar-refractivity contribution in [3.8, 4) is 0 Å². The molecule has 0 saturated carbocycles. The summed E-state index contributed by atoms with van der Waals surface area (Å²) in [7, 11) is 0. The summed E-state index contributed by atoms with van der Waals surface area (Å²) >= 11 is 0. The van der Waals surface area contributed by atoms with Crippen LogP contribution in [0, 0.1) is 0 Å². The minimum atomic E-state index is -1.09. The van der Waals surface area contributed by atoms with Crippen LogP contribution in [-0.4, -0.2) is 45.1 Å². The molecule has 0 aliphatic heterocycles. The van der Waals surface area contributed by atoms with Crippen molar-refractivity contribution in [2.45, 2.75) is 57.9 Å². The van der Waals surface area contributed by atoms with Gasteiger partial charge in [-0.05, 0) is 44.4 Å². The van der Waals surface area contributed by atoms with Gasteiger partial charge in [0.15, 0.2) is 0 Å².